The second-order valence-corrected chi connectivity index (χ2v) is 6.05. The summed E-state index contributed by atoms with van der Waals surface area (Å²) in [5.74, 6) is 1.14. The van der Waals surface area contributed by atoms with Crippen molar-refractivity contribution < 1.29 is 4.74 Å². The van der Waals surface area contributed by atoms with E-state index in [0.29, 0.717) is 24.9 Å². The van der Waals surface area contributed by atoms with Crippen LogP contribution in [0.2, 0.25) is 0 Å². The number of ether oxygens (including phenoxy) is 1. The van der Waals surface area contributed by atoms with Gasteiger partial charge in [-0.3, -0.25) is 0 Å². The number of benzene rings is 1. The molecule has 25 heavy (non-hydrogen) atoms. The van der Waals surface area contributed by atoms with Crippen molar-refractivity contribution in [2.75, 3.05) is 69.0 Å². The van der Waals surface area contributed by atoms with Crippen molar-refractivity contribution in [3.05, 3.63) is 30.5 Å². The van der Waals surface area contributed by atoms with Crippen molar-refractivity contribution in [3.63, 3.8) is 0 Å². The van der Waals surface area contributed by atoms with Crippen molar-refractivity contribution in [1.29, 1.82) is 0 Å². The molecule has 2 N–H and O–H groups in total. The average molecular weight is 343 g/mol. The smallest absolute Gasteiger partial charge is 0.249 e. The third kappa shape index (κ3) is 5.01. The van der Waals surface area contributed by atoms with E-state index in [2.05, 4.69) is 54.8 Å². The predicted molar refractivity (Wildman–Crippen MR) is 99.6 cm³/mol. The molecule has 0 aliphatic carbocycles. The maximum Gasteiger partial charge on any atom is 0.249 e. The Labute approximate surface area is 148 Å². The molecular formula is C17H25N7O. The van der Waals surface area contributed by atoms with Crippen molar-refractivity contribution in [2.45, 2.75) is 0 Å². The summed E-state index contributed by atoms with van der Waals surface area (Å²) in [4.78, 5) is 9.15. The lowest BCUT2D eigenvalue weighted by Crippen LogP contribution is -2.44. The molecular weight excluding hydrogens is 318 g/mol. The molecule has 0 saturated carbocycles. The van der Waals surface area contributed by atoms with Crippen LogP contribution < -0.4 is 15.5 Å². The summed E-state index contributed by atoms with van der Waals surface area (Å²) in [6, 6.07) is 8.34. The highest BCUT2D eigenvalue weighted by Crippen LogP contribution is 2.21. The van der Waals surface area contributed by atoms with Crippen LogP contribution in [-0.2, 0) is 4.74 Å². The minimum atomic E-state index is 0.467. The highest BCUT2D eigenvalue weighted by atomic mass is 16.5. The summed E-state index contributed by atoms with van der Waals surface area (Å²) in [7, 11) is 3.83. The number of aromatic nitrogens is 3. The van der Waals surface area contributed by atoms with Gasteiger partial charge in [-0.25, -0.2) is 0 Å². The van der Waals surface area contributed by atoms with E-state index in [-0.39, 0.29) is 0 Å². The van der Waals surface area contributed by atoms with Gasteiger partial charge < -0.3 is 25.2 Å². The normalized spacial score (nSPS) is 15.2. The minimum Gasteiger partial charge on any atom is -0.383 e. The number of nitrogens with zero attached hydrogens (tertiary/aromatic N) is 5. The number of nitrogens with one attached hydrogen (secondary N) is 2. The summed E-state index contributed by atoms with van der Waals surface area (Å²) in [5.41, 5.74) is 2.18. The van der Waals surface area contributed by atoms with Gasteiger partial charge in [0.1, 0.15) is 0 Å². The molecule has 8 heteroatoms. The van der Waals surface area contributed by atoms with Crippen molar-refractivity contribution >= 4 is 23.1 Å². The minimum absolute atomic E-state index is 0.467. The zero-order valence-electron chi connectivity index (χ0n) is 14.8. The number of piperazine rings is 1. The monoisotopic (exact) mass is 343 g/mol. The molecule has 0 amide bonds. The lowest BCUT2D eigenvalue weighted by Gasteiger charge is -2.34. The number of hydrogen-bond acceptors (Lipinski definition) is 8. The highest BCUT2D eigenvalue weighted by molar-refractivity contribution is 5.59. The molecule has 1 aliphatic rings. The van der Waals surface area contributed by atoms with Gasteiger partial charge in [-0.15, -0.1) is 5.10 Å². The Kier molecular flexibility index (Phi) is 5.97. The van der Waals surface area contributed by atoms with Crippen LogP contribution in [0, 0.1) is 0 Å². The fourth-order valence-electron chi connectivity index (χ4n) is 2.67. The van der Waals surface area contributed by atoms with Gasteiger partial charge in [-0.05, 0) is 31.3 Å². The highest BCUT2D eigenvalue weighted by Gasteiger charge is 2.14. The fourth-order valence-corrected chi connectivity index (χ4v) is 2.67. The van der Waals surface area contributed by atoms with Crippen molar-refractivity contribution in [1.82, 2.24) is 20.1 Å². The zero-order valence-corrected chi connectivity index (χ0v) is 14.8. The van der Waals surface area contributed by atoms with E-state index < -0.39 is 0 Å². The molecule has 8 nitrogen and oxygen atoms in total. The van der Waals surface area contributed by atoms with E-state index in [1.54, 1.807) is 13.3 Å². The summed E-state index contributed by atoms with van der Waals surface area (Å²) in [6.07, 6.45) is 1.59. The Hall–Kier alpha value is -2.45. The van der Waals surface area contributed by atoms with E-state index in [1.165, 1.54) is 5.69 Å². The van der Waals surface area contributed by atoms with Gasteiger partial charge in [0.2, 0.25) is 5.95 Å². The summed E-state index contributed by atoms with van der Waals surface area (Å²) in [5, 5.41) is 14.3. The largest absolute Gasteiger partial charge is 0.383 e. The number of anilines is 4. The van der Waals surface area contributed by atoms with Crippen LogP contribution in [0.1, 0.15) is 0 Å². The Bertz CT molecular complexity index is 656. The first kappa shape index (κ1) is 17.4. The Morgan fingerprint density at radius 1 is 1.12 bits per heavy atom. The van der Waals surface area contributed by atoms with Gasteiger partial charge in [0, 0.05) is 51.2 Å². The van der Waals surface area contributed by atoms with Crippen LogP contribution >= 0.6 is 0 Å². The maximum absolute atomic E-state index is 5.01. The number of methoxy groups -OCH3 is 1. The molecule has 1 fully saturated rings. The molecule has 1 saturated heterocycles. The first-order chi connectivity index (χ1) is 12.2. The van der Waals surface area contributed by atoms with E-state index in [9.17, 15) is 0 Å². The number of rotatable bonds is 7. The second kappa shape index (κ2) is 8.59. The van der Waals surface area contributed by atoms with Crippen LogP contribution in [0.3, 0.4) is 0 Å². The Balaban J connectivity index is 1.58. The Morgan fingerprint density at radius 3 is 2.60 bits per heavy atom. The average Bonchev–Trinajstić information content (AvgIpc) is 2.64. The molecule has 1 aromatic carbocycles. The first-order valence-corrected chi connectivity index (χ1v) is 8.48. The summed E-state index contributed by atoms with van der Waals surface area (Å²) in [6.45, 7) is 5.61. The molecule has 0 atom stereocenters. The molecule has 0 bridgehead atoms. The molecule has 2 heterocycles. The van der Waals surface area contributed by atoms with E-state index in [4.69, 9.17) is 4.74 Å². The molecule has 1 aromatic heterocycles. The van der Waals surface area contributed by atoms with Crippen LogP contribution in [0.25, 0.3) is 0 Å². The number of hydrogen-bond donors (Lipinski definition) is 2. The van der Waals surface area contributed by atoms with E-state index in [0.717, 1.165) is 31.9 Å². The van der Waals surface area contributed by atoms with Crippen molar-refractivity contribution in [3.8, 4) is 0 Å². The van der Waals surface area contributed by atoms with Gasteiger partial charge in [-0.1, -0.05) is 0 Å². The SMILES string of the molecule is COCCNc1cnnc(Nc2ccc(N3CCN(C)CC3)cc2)n1. The van der Waals surface area contributed by atoms with Gasteiger partial charge >= 0.3 is 0 Å². The van der Waals surface area contributed by atoms with Gasteiger partial charge in [0.25, 0.3) is 0 Å². The van der Waals surface area contributed by atoms with E-state index >= 15 is 0 Å². The van der Waals surface area contributed by atoms with Gasteiger partial charge in [0.05, 0.1) is 12.8 Å². The van der Waals surface area contributed by atoms with Crippen LogP contribution in [0.15, 0.2) is 30.5 Å². The molecule has 2 aromatic rings. The third-order valence-electron chi connectivity index (χ3n) is 4.16. The summed E-state index contributed by atoms with van der Waals surface area (Å²) < 4.78 is 5.01. The van der Waals surface area contributed by atoms with Gasteiger partial charge in [-0.2, -0.15) is 10.1 Å². The summed E-state index contributed by atoms with van der Waals surface area (Å²) >= 11 is 0. The van der Waals surface area contributed by atoms with Gasteiger partial charge in [0.15, 0.2) is 5.82 Å². The third-order valence-corrected chi connectivity index (χ3v) is 4.16. The lowest BCUT2D eigenvalue weighted by molar-refractivity contribution is 0.210. The molecule has 3 rings (SSSR count). The zero-order chi connectivity index (χ0) is 17.5. The van der Waals surface area contributed by atoms with Crippen LogP contribution in [0.5, 0.6) is 0 Å². The van der Waals surface area contributed by atoms with E-state index in [1.807, 2.05) is 12.1 Å². The molecule has 1 aliphatic heterocycles. The molecule has 0 spiro atoms. The lowest BCUT2D eigenvalue weighted by atomic mass is 10.2. The quantitative estimate of drug-likeness (QED) is 0.731. The number of likely N-dealkylation sites (N-methyl/N-ethyl adjacent to an activating group) is 1. The fraction of sp³-hybridized carbons (Fsp3) is 0.471. The topological polar surface area (TPSA) is 78.4 Å². The Morgan fingerprint density at radius 2 is 1.88 bits per heavy atom. The molecule has 0 unspecified atom stereocenters. The van der Waals surface area contributed by atoms with Crippen molar-refractivity contribution in [2.24, 2.45) is 0 Å². The second-order valence-electron chi connectivity index (χ2n) is 6.05. The first-order valence-electron chi connectivity index (χ1n) is 8.48. The van der Waals surface area contributed by atoms with Crippen LogP contribution in [0.4, 0.5) is 23.1 Å². The van der Waals surface area contributed by atoms with Crippen LogP contribution in [-0.4, -0.2) is 73.6 Å². The molecule has 134 valence electrons. The molecule has 0 radical (unpaired) electrons. The maximum atomic E-state index is 5.01. The standard InChI is InChI=1S/C17H25N7O/c1-23-8-10-24(11-9-23)15-5-3-14(4-6-15)20-17-21-16(13-19-22-17)18-7-12-25-2/h3-6,13H,7-12H2,1-2H3,(H2,18,20,21,22). The predicted octanol–water partition coefficient (Wildman–Crippen LogP) is 1.43.